The van der Waals surface area contributed by atoms with Gasteiger partial charge in [0.1, 0.15) is 5.82 Å². The zero-order valence-corrected chi connectivity index (χ0v) is 15.2. The summed E-state index contributed by atoms with van der Waals surface area (Å²) in [5.74, 6) is 0.966. The fourth-order valence-corrected chi connectivity index (χ4v) is 3.89. The van der Waals surface area contributed by atoms with Crippen LogP contribution in [-0.4, -0.2) is 67.6 Å². The summed E-state index contributed by atoms with van der Waals surface area (Å²) in [6, 6.07) is 5.18. The second kappa shape index (κ2) is 6.79. The number of ether oxygens (including phenoxy) is 1. The quantitative estimate of drug-likeness (QED) is 0.807. The lowest BCUT2D eigenvalue weighted by atomic mass is 10.3. The molecule has 24 heavy (non-hydrogen) atoms. The molecule has 0 N–H and O–H groups in total. The van der Waals surface area contributed by atoms with Crippen molar-refractivity contribution in [3.63, 3.8) is 0 Å². The molecule has 0 amide bonds. The minimum absolute atomic E-state index is 0.277. The Hall–Kier alpha value is -1.48. The molecule has 3 rings (SSSR count). The van der Waals surface area contributed by atoms with Crippen LogP contribution >= 0.6 is 0 Å². The van der Waals surface area contributed by atoms with E-state index in [1.165, 1.54) is 18.4 Å². The molecular formula is C16H24N4O3S. The van der Waals surface area contributed by atoms with E-state index in [0.29, 0.717) is 0 Å². The highest BCUT2D eigenvalue weighted by molar-refractivity contribution is 7.89. The van der Waals surface area contributed by atoms with Crippen molar-refractivity contribution < 1.29 is 13.2 Å². The molecule has 0 atom stereocenters. The lowest BCUT2D eigenvalue weighted by molar-refractivity contribution is 0.0327. The highest BCUT2D eigenvalue weighted by Crippen LogP contribution is 2.23. The summed E-state index contributed by atoms with van der Waals surface area (Å²) in [5, 5.41) is 0. The molecule has 0 radical (unpaired) electrons. The van der Waals surface area contributed by atoms with Crippen molar-refractivity contribution in [2.45, 2.75) is 24.9 Å². The standard InChI is InChI=1S/C16H24N4O3S/c1-4-20-15-6-5-13(24(21,22)18(2)3)11-14(15)17-16(20)12-19-7-9-23-10-8-19/h5-6,11H,4,7-10,12H2,1-3H3. The molecule has 1 fully saturated rings. The first-order chi connectivity index (χ1) is 11.4. The van der Waals surface area contributed by atoms with Crippen LogP contribution in [0, 0.1) is 0 Å². The maximum absolute atomic E-state index is 12.3. The highest BCUT2D eigenvalue weighted by atomic mass is 32.2. The summed E-state index contributed by atoms with van der Waals surface area (Å²) < 4.78 is 33.4. The number of imidazole rings is 1. The van der Waals surface area contributed by atoms with Crippen molar-refractivity contribution in [3.05, 3.63) is 24.0 Å². The van der Waals surface area contributed by atoms with E-state index in [1.807, 2.05) is 6.07 Å². The van der Waals surface area contributed by atoms with Gasteiger partial charge in [0.15, 0.2) is 0 Å². The van der Waals surface area contributed by atoms with Crippen LogP contribution < -0.4 is 0 Å². The molecular weight excluding hydrogens is 328 g/mol. The lowest BCUT2D eigenvalue weighted by Gasteiger charge is -2.26. The van der Waals surface area contributed by atoms with Gasteiger partial charge >= 0.3 is 0 Å². The van der Waals surface area contributed by atoms with E-state index >= 15 is 0 Å². The Kier molecular flexibility index (Phi) is 4.91. The van der Waals surface area contributed by atoms with Crippen molar-refractivity contribution in [3.8, 4) is 0 Å². The average molecular weight is 352 g/mol. The molecule has 1 aliphatic rings. The van der Waals surface area contributed by atoms with Crippen molar-refractivity contribution in [2.24, 2.45) is 0 Å². The minimum Gasteiger partial charge on any atom is -0.379 e. The van der Waals surface area contributed by atoms with Gasteiger partial charge in [-0.25, -0.2) is 17.7 Å². The third-order valence-electron chi connectivity index (χ3n) is 4.36. The van der Waals surface area contributed by atoms with Gasteiger partial charge < -0.3 is 9.30 Å². The first kappa shape index (κ1) is 17.3. The second-order valence-electron chi connectivity index (χ2n) is 6.10. The SMILES string of the molecule is CCn1c(CN2CCOCC2)nc2cc(S(=O)(=O)N(C)C)ccc21. The summed E-state index contributed by atoms with van der Waals surface area (Å²) in [6.45, 7) is 6.92. The molecule has 0 spiro atoms. The maximum Gasteiger partial charge on any atom is 0.242 e. The predicted octanol–water partition coefficient (Wildman–Crippen LogP) is 1.14. The van der Waals surface area contributed by atoms with Crippen LogP contribution in [0.2, 0.25) is 0 Å². The number of nitrogens with zero attached hydrogens (tertiary/aromatic N) is 4. The number of sulfonamides is 1. The number of fused-ring (bicyclic) bond motifs is 1. The third kappa shape index (κ3) is 3.19. The van der Waals surface area contributed by atoms with Crippen LogP contribution in [0.1, 0.15) is 12.7 Å². The Morgan fingerprint density at radius 2 is 1.96 bits per heavy atom. The molecule has 1 aromatic carbocycles. The van der Waals surface area contributed by atoms with E-state index in [1.54, 1.807) is 12.1 Å². The van der Waals surface area contributed by atoms with Crippen LogP contribution in [0.25, 0.3) is 11.0 Å². The van der Waals surface area contributed by atoms with Crippen molar-refractivity contribution >= 4 is 21.1 Å². The number of aryl methyl sites for hydroxylation is 1. The molecule has 1 aliphatic heterocycles. The van der Waals surface area contributed by atoms with E-state index in [2.05, 4.69) is 16.4 Å². The van der Waals surface area contributed by atoms with Gasteiger partial charge in [-0.2, -0.15) is 0 Å². The van der Waals surface area contributed by atoms with Gasteiger partial charge in [-0.05, 0) is 25.1 Å². The van der Waals surface area contributed by atoms with Crippen molar-refractivity contribution in [1.29, 1.82) is 0 Å². The summed E-state index contributed by atoms with van der Waals surface area (Å²) in [7, 11) is -0.377. The van der Waals surface area contributed by atoms with Gasteiger partial charge in [0.25, 0.3) is 0 Å². The Balaban J connectivity index is 1.99. The van der Waals surface area contributed by atoms with Crippen LogP contribution in [-0.2, 0) is 27.8 Å². The van der Waals surface area contributed by atoms with Gasteiger partial charge in [-0.15, -0.1) is 0 Å². The number of rotatable bonds is 5. The molecule has 0 unspecified atom stereocenters. The molecule has 2 aromatic rings. The number of benzene rings is 1. The van der Waals surface area contributed by atoms with E-state index in [9.17, 15) is 8.42 Å². The summed E-state index contributed by atoms with van der Waals surface area (Å²) >= 11 is 0. The number of hydrogen-bond donors (Lipinski definition) is 0. The van der Waals surface area contributed by atoms with E-state index in [4.69, 9.17) is 9.72 Å². The van der Waals surface area contributed by atoms with Crippen LogP contribution in [0.3, 0.4) is 0 Å². The van der Waals surface area contributed by atoms with Crippen LogP contribution in [0.5, 0.6) is 0 Å². The van der Waals surface area contributed by atoms with Gasteiger partial charge in [-0.1, -0.05) is 0 Å². The summed E-state index contributed by atoms with van der Waals surface area (Å²) in [4.78, 5) is 7.30. The highest BCUT2D eigenvalue weighted by Gasteiger charge is 2.20. The molecule has 7 nitrogen and oxygen atoms in total. The number of aromatic nitrogens is 2. The Bertz CT molecular complexity index is 823. The zero-order valence-electron chi connectivity index (χ0n) is 14.4. The predicted molar refractivity (Wildman–Crippen MR) is 92.4 cm³/mol. The maximum atomic E-state index is 12.3. The monoisotopic (exact) mass is 352 g/mol. The average Bonchev–Trinajstić information content (AvgIpc) is 2.91. The van der Waals surface area contributed by atoms with Crippen molar-refractivity contribution in [1.82, 2.24) is 18.8 Å². The minimum atomic E-state index is -3.45. The fourth-order valence-electron chi connectivity index (χ4n) is 2.96. The van der Waals surface area contributed by atoms with Gasteiger partial charge in [0.2, 0.25) is 10.0 Å². The molecule has 0 saturated carbocycles. The molecule has 8 heteroatoms. The summed E-state index contributed by atoms with van der Waals surface area (Å²) in [6.07, 6.45) is 0. The first-order valence-electron chi connectivity index (χ1n) is 8.15. The molecule has 1 saturated heterocycles. The van der Waals surface area contributed by atoms with E-state index < -0.39 is 10.0 Å². The Morgan fingerprint density at radius 1 is 1.25 bits per heavy atom. The Labute approximate surface area is 142 Å². The molecule has 0 bridgehead atoms. The van der Waals surface area contributed by atoms with Gasteiger partial charge in [-0.3, -0.25) is 4.90 Å². The second-order valence-corrected chi connectivity index (χ2v) is 8.25. The normalized spacial score (nSPS) is 17.0. The topological polar surface area (TPSA) is 67.7 Å². The van der Waals surface area contributed by atoms with Crippen LogP contribution in [0.4, 0.5) is 0 Å². The summed E-state index contributed by atoms with van der Waals surface area (Å²) in [5.41, 5.74) is 1.70. The fraction of sp³-hybridized carbons (Fsp3) is 0.562. The smallest absolute Gasteiger partial charge is 0.242 e. The van der Waals surface area contributed by atoms with Gasteiger partial charge in [0, 0.05) is 33.7 Å². The molecule has 132 valence electrons. The number of hydrogen-bond acceptors (Lipinski definition) is 5. The Morgan fingerprint density at radius 3 is 2.58 bits per heavy atom. The molecule has 2 heterocycles. The van der Waals surface area contributed by atoms with E-state index in [-0.39, 0.29) is 4.90 Å². The molecule has 1 aromatic heterocycles. The van der Waals surface area contributed by atoms with E-state index in [0.717, 1.165) is 56.3 Å². The molecule has 0 aliphatic carbocycles. The van der Waals surface area contributed by atoms with Crippen molar-refractivity contribution in [2.75, 3.05) is 40.4 Å². The lowest BCUT2D eigenvalue weighted by Crippen LogP contribution is -2.36. The van der Waals surface area contributed by atoms with Gasteiger partial charge in [0.05, 0.1) is 35.7 Å². The first-order valence-corrected chi connectivity index (χ1v) is 9.59. The number of morpholine rings is 1. The van der Waals surface area contributed by atoms with Crippen LogP contribution in [0.15, 0.2) is 23.1 Å². The largest absolute Gasteiger partial charge is 0.379 e. The zero-order chi connectivity index (χ0) is 17.3. The third-order valence-corrected chi connectivity index (χ3v) is 6.17.